The van der Waals surface area contributed by atoms with E-state index < -0.39 is 19.0 Å². The van der Waals surface area contributed by atoms with Gasteiger partial charge in [-0.2, -0.15) is 9.97 Å². The Morgan fingerprint density at radius 3 is 2.50 bits per heavy atom. The molecule has 0 bridgehead atoms. The van der Waals surface area contributed by atoms with E-state index in [-0.39, 0.29) is 11.8 Å². The molecular weight excluding hydrogens is 371 g/mol. The Morgan fingerprint density at radius 2 is 1.82 bits per heavy atom. The first kappa shape index (κ1) is 18.0. The summed E-state index contributed by atoms with van der Waals surface area (Å²) in [6.07, 6.45) is 4.58. The van der Waals surface area contributed by atoms with Gasteiger partial charge in [-0.3, -0.25) is 4.98 Å². The molecule has 0 atom stereocenters. The minimum atomic E-state index is -2.72. The van der Waals surface area contributed by atoms with Crippen molar-refractivity contribution in [2.45, 2.75) is 12.5 Å². The van der Waals surface area contributed by atoms with Crippen LogP contribution in [0.4, 0.5) is 36.6 Å². The third-order valence-corrected chi connectivity index (χ3v) is 4.06. The van der Waals surface area contributed by atoms with E-state index in [1.54, 1.807) is 18.2 Å². The molecule has 0 amide bonds. The normalized spacial score (nSPS) is 15.0. The van der Waals surface area contributed by atoms with Crippen LogP contribution >= 0.6 is 0 Å². The molecule has 1 fully saturated rings. The van der Waals surface area contributed by atoms with Crippen LogP contribution in [0.15, 0.2) is 48.9 Å². The molecule has 1 aromatic carbocycles. The van der Waals surface area contributed by atoms with E-state index in [4.69, 9.17) is 0 Å². The van der Waals surface area contributed by atoms with Gasteiger partial charge >= 0.3 is 0 Å². The first-order valence-electron chi connectivity index (χ1n) is 8.50. The van der Waals surface area contributed by atoms with Crippen LogP contribution in [0, 0.1) is 5.82 Å². The maximum atomic E-state index is 13.3. The summed E-state index contributed by atoms with van der Waals surface area (Å²) in [5, 5.41) is 6.02. The van der Waals surface area contributed by atoms with Crippen LogP contribution in [0.2, 0.25) is 0 Å². The van der Waals surface area contributed by atoms with Crippen molar-refractivity contribution in [1.29, 1.82) is 0 Å². The zero-order valence-electron chi connectivity index (χ0n) is 14.6. The Morgan fingerprint density at radius 1 is 1.04 bits per heavy atom. The van der Waals surface area contributed by atoms with E-state index in [2.05, 4.69) is 30.6 Å². The Balaban J connectivity index is 1.55. The molecule has 1 aliphatic rings. The summed E-state index contributed by atoms with van der Waals surface area (Å²) in [5.74, 6) is -1.56. The van der Waals surface area contributed by atoms with Crippen LogP contribution in [0.1, 0.15) is 5.56 Å². The highest BCUT2D eigenvalue weighted by Crippen LogP contribution is 2.32. The first-order valence-corrected chi connectivity index (χ1v) is 8.50. The third kappa shape index (κ3) is 4.27. The predicted octanol–water partition coefficient (Wildman–Crippen LogP) is 3.22. The number of halogens is 3. The molecule has 144 valence electrons. The number of benzene rings is 1. The molecule has 28 heavy (non-hydrogen) atoms. The van der Waals surface area contributed by atoms with Crippen LogP contribution in [0.5, 0.6) is 0 Å². The van der Waals surface area contributed by atoms with Crippen molar-refractivity contribution in [2.24, 2.45) is 0 Å². The number of anilines is 4. The maximum Gasteiger partial charge on any atom is 0.282 e. The van der Waals surface area contributed by atoms with Crippen molar-refractivity contribution in [3.63, 3.8) is 0 Å². The quantitative estimate of drug-likeness (QED) is 0.672. The van der Waals surface area contributed by atoms with E-state index in [9.17, 15) is 13.2 Å². The standard InChI is InChI=1S/C18H16F3N7/c19-13-3-1-12(2-4-13)8-24-17-26-14(25-15-9-22-5-6-23-15)7-16(27-17)28-10-18(20,21)11-28/h1-7,9H,8,10-11H2,(H2,23,24,25,26,27). The topological polar surface area (TPSA) is 78.9 Å². The van der Waals surface area contributed by atoms with Gasteiger partial charge in [0.15, 0.2) is 0 Å². The smallest absolute Gasteiger partial charge is 0.282 e. The number of rotatable bonds is 6. The van der Waals surface area contributed by atoms with Crippen LogP contribution in [-0.4, -0.2) is 38.9 Å². The molecule has 1 saturated heterocycles. The number of aromatic nitrogens is 4. The van der Waals surface area contributed by atoms with Gasteiger partial charge in [0, 0.05) is 25.0 Å². The molecule has 1 aliphatic heterocycles. The van der Waals surface area contributed by atoms with E-state index >= 15 is 0 Å². The number of hydrogen-bond donors (Lipinski definition) is 2. The Kier molecular flexibility index (Phi) is 4.68. The van der Waals surface area contributed by atoms with Gasteiger partial charge in [0.25, 0.3) is 5.92 Å². The third-order valence-electron chi connectivity index (χ3n) is 4.06. The number of nitrogens with zero attached hydrogens (tertiary/aromatic N) is 5. The summed E-state index contributed by atoms with van der Waals surface area (Å²) in [5.41, 5.74) is 0.828. The molecule has 0 saturated carbocycles. The van der Waals surface area contributed by atoms with Gasteiger partial charge < -0.3 is 15.5 Å². The van der Waals surface area contributed by atoms with Gasteiger partial charge in [-0.05, 0) is 17.7 Å². The van der Waals surface area contributed by atoms with Gasteiger partial charge in [-0.25, -0.2) is 18.2 Å². The number of nitrogens with one attached hydrogen (secondary N) is 2. The maximum absolute atomic E-state index is 13.3. The molecule has 0 unspecified atom stereocenters. The van der Waals surface area contributed by atoms with Crippen molar-refractivity contribution in [2.75, 3.05) is 28.6 Å². The highest BCUT2D eigenvalue weighted by molar-refractivity contribution is 5.60. The molecule has 3 aromatic rings. The Labute approximate surface area is 158 Å². The molecule has 0 spiro atoms. The van der Waals surface area contributed by atoms with Crippen molar-refractivity contribution >= 4 is 23.4 Å². The highest BCUT2D eigenvalue weighted by Gasteiger charge is 2.44. The minimum absolute atomic E-state index is 0.253. The second kappa shape index (κ2) is 7.29. The van der Waals surface area contributed by atoms with Gasteiger partial charge in [0.05, 0.1) is 19.3 Å². The fourth-order valence-corrected chi connectivity index (χ4v) is 2.69. The van der Waals surface area contributed by atoms with E-state index in [0.717, 1.165) is 5.56 Å². The summed E-state index contributed by atoms with van der Waals surface area (Å²) in [7, 11) is 0. The summed E-state index contributed by atoms with van der Waals surface area (Å²) in [6.45, 7) is -0.442. The fourth-order valence-electron chi connectivity index (χ4n) is 2.69. The summed E-state index contributed by atoms with van der Waals surface area (Å²) >= 11 is 0. The number of hydrogen-bond acceptors (Lipinski definition) is 7. The van der Waals surface area contributed by atoms with Crippen molar-refractivity contribution in [3.05, 3.63) is 60.3 Å². The molecule has 0 radical (unpaired) electrons. The first-order chi connectivity index (χ1) is 13.5. The SMILES string of the molecule is Fc1ccc(CNc2nc(Nc3cnccn3)cc(N3CC(F)(F)C3)n2)cc1. The van der Waals surface area contributed by atoms with Crippen LogP contribution < -0.4 is 15.5 Å². The zero-order valence-corrected chi connectivity index (χ0v) is 14.6. The summed E-state index contributed by atoms with van der Waals surface area (Å²) < 4.78 is 39.5. The molecule has 2 aromatic heterocycles. The average molecular weight is 387 g/mol. The lowest BCUT2D eigenvalue weighted by atomic mass is 10.1. The molecule has 7 nitrogen and oxygen atoms in total. The van der Waals surface area contributed by atoms with E-state index in [0.29, 0.717) is 24.0 Å². The predicted molar refractivity (Wildman–Crippen MR) is 98.2 cm³/mol. The van der Waals surface area contributed by atoms with Crippen LogP contribution in [0.3, 0.4) is 0 Å². The van der Waals surface area contributed by atoms with Crippen molar-refractivity contribution < 1.29 is 13.2 Å². The number of alkyl halides is 2. The Bertz CT molecular complexity index is 943. The fraction of sp³-hybridized carbons (Fsp3) is 0.222. The molecular formula is C18H16F3N7. The second-order valence-corrected chi connectivity index (χ2v) is 6.34. The zero-order chi connectivity index (χ0) is 19.6. The molecule has 2 N–H and O–H groups in total. The van der Waals surface area contributed by atoms with Gasteiger partial charge in [-0.1, -0.05) is 12.1 Å². The lowest BCUT2D eigenvalue weighted by Gasteiger charge is -2.39. The minimum Gasteiger partial charge on any atom is -0.350 e. The summed E-state index contributed by atoms with van der Waals surface area (Å²) in [4.78, 5) is 18.2. The monoisotopic (exact) mass is 387 g/mol. The lowest BCUT2D eigenvalue weighted by Crippen LogP contribution is -2.56. The molecule has 3 heterocycles. The van der Waals surface area contributed by atoms with E-state index in [1.165, 1.54) is 35.6 Å². The lowest BCUT2D eigenvalue weighted by molar-refractivity contribution is -0.0267. The average Bonchev–Trinajstić information content (AvgIpc) is 2.66. The summed E-state index contributed by atoms with van der Waals surface area (Å²) in [6, 6.07) is 7.57. The Hall–Kier alpha value is -3.43. The van der Waals surface area contributed by atoms with Crippen molar-refractivity contribution in [1.82, 2.24) is 19.9 Å². The van der Waals surface area contributed by atoms with Crippen molar-refractivity contribution in [3.8, 4) is 0 Å². The highest BCUT2D eigenvalue weighted by atomic mass is 19.3. The molecule has 0 aliphatic carbocycles. The van der Waals surface area contributed by atoms with Gasteiger partial charge in [0.1, 0.15) is 23.3 Å². The van der Waals surface area contributed by atoms with Crippen LogP contribution in [0.25, 0.3) is 0 Å². The van der Waals surface area contributed by atoms with Crippen LogP contribution in [-0.2, 0) is 6.54 Å². The van der Waals surface area contributed by atoms with Gasteiger partial charge in [-0.15, -0.1) is 0 Å². The van der Waals surface area contributed by atoms with E-state index in [1.807, 2.05) is 0 Å². The largest absolute Gasteiger partial charge is 0.350 e. The molecule has 10 heteroatoms. The van der Waals surface area contributed by atoms with Gasteiger partial charge in [0.2, 0.25) is 5.95 Å². The molecule has 4 rings (SSSR count). The second-order valence-electron chi connectivity index (χ2n) is 6.34.